The second kappa shape index (κ2) is 6.93. The van der Waals surface area contributed by atoms with Gasteiger partial charge in [-0.15, -0.1) is 0 Å². The number of carbonyl (C=O) groups excluding carboxylic acids is 1. The predicted molar refractivity (Wildman–Crippen MR) is 81.6 cm³/mol. The largest absolute Gasteiger partial charge is 0.468 e. The third kappa shape index (κ3) is 3.36. The summed E-state index contributed by atoms with van der Waals surface area (Å²) in [4.78, 5) is 12.5. The van der Waals surface area contributed by atoms with Crippen LogP contribution in [0.25, 0.3) is 0 Å². The van der Waals surface area contributed by atoms with Gasteiger partial charge in [-0.2, -0.15) is 0 Å². The molecule has 3 atom stereocenters. The van der Waals surface area contributed by atoms with Gasteiger partial charge in [-0.1, -0.05) is 39.5 Å². The Balaban J connectivity index is 2.12. The van der Waals surface area contributed by atoms with Crippen LogP contribution in [-0.2, 0) is 9.53 Å². The molecule has 2 saturated carbocycles. The molecular formula is C17H31NO2. The van der Waals surface area contributed by atoms with E-state index < -0.39 is 5.54 Å². The fourth-order valence-corrected chi connectivity index (χ4v) is 4.19. The lowest BCUT2D eigenvalue weighted by molar-refractivity contribution is -0.154. The van der Waals surface area contributed by atoms with E-state index in [0.717, 1.165) is 25.2 Å². The zero-order chi connectivity index (χ0) is 14.6. The standard InChI is InChI=1S/C17H31NO2/c1-13-10-11-17(14(2)12-13,16(19)20-3)18-15-8-6-4-5-7-9-15/h13-15,18H,4-12H2,1-3H3. The smallest absolute Gasteiger partial charge is 0.326 e. The first kappa shape index (κ1) is 15.8. The molecule has 0 aliphatic heterocycles. The first-order chi connectivity index (χ1) is 9.58. The first-order valence-corrected chi connectivity index (χ1v) is 8.44. The molecule has 3 heteroatoms. The minimum Gasteiger partial charge on any atom is -0.468 e. The van der Waals surface area contributed by atoms with Gasteiger partial charge in [0.2, 0.25) is 0 Å². The van der Waals surface area contributed by atoms with Gasteiger partial charge in [-0.25, -0.2) is 0 Å². The Morgan fingerprint density at radius 1 is 1.10 bits per heavy atom. The van der Waals surface area contributed by atoms with Crippen molar-refractivity contribution in [2.45, 2.75) is 83.2 Å². The van der Waals surface area contributed by atoms with Gasteiger partial charge in [0.05, 0.1) is 7.11 Å². The van der Waals surface area contributed by atoms with Gasteiger partial charge in [-0.3, -0.25) is 10.1 Å². The number of ether oxygens (including phenoxy) is 1. The summed E-state index contributed by atoms with van der Waals surface area (Å²) < 4.78 is 5.17. The highest BCUT2D eigenvalue weighted by Crippen LogP contribution is 2.38. The highest BCUT2D eigenvalue weighted by Gasteiger charge is 2.48. The molecule has 3 unspecified atom stereocenters. The van der Waals surface area contributed by atoms with Crippen LogP contribution in [0.5, 0.6) is 0 Å². The van der Waals surface area contributed by atoms with Crippen LogP contribution in [0.4, 0.5) is 0 Å². The predicted octanol–water partition coefficient (Wildman–Crippen LogP) is 3.67. The zero-order valence-electron chi connectivity index (χ0n) is 13.4. The van der Waals surface area contributed by atoms with Crippen molar-refractivity contribution in [3.63, 3.8) is 0 Å². The molecule has 2 aliphatic carbocycles. The minimum atomic E-state index is -0.434. The molecule has 0 heterocycles. The van der Waals surface area contributed by atoms with Crippen LogP contribution in [-0.4, -0.2) is 24.7 Å². The van der Waals surface area contributed by atoms with Crippen LogP contribution >= 0.6 is 0 Å². The van der Waals surface area contributed by atoms with E-state index in [4.69, 9.17) is 4.74 Å². The van der Waals surface area contributed by atoms with Crippen molar-refractivity contribution < 1.29 is 9.53 Å². The highest BCUT2D eigenvalue weighted by molar-refractivity contribution is 5.81. The lowest BCUT2D eigenvalue weighted by Crippen LogP contribution is -2.62. The fraction of sp³-hybridized carbons (Fsp3) is 0.941. The Morgan fingerprint density at radius 2 is 1.75 bits per heavy atom. The maximum absolute atomic E-state index is 12.5. The van der Waals surface area contributed by atoms with E-state index in [2.05, 4.69) is 19.2 Å². The van der Waals surface area contributed by atoms with Gasteiger partial charge in [0.25, 0.3) is 0 Å². The van der Waals surface area contributed by atoms with Crippen LogP contribution in [0, 0.1) is 11.8 Å². The lowest BCUT2D eigenvalue weighted by atomic mass is 9.69. The number of esters is 1. The van der Waals surface area contributed by atoms with Gasteiger partial charge >= 0.3 is 5.97 Å². The number of hydrogen-bond acceptors (Lipinski definition) is 3. The number of rotatable bonds is 3. The normalized spacial score (nSPS) is 36.4. The molecule has 0 saturated heterocycles. The highest BCUT2D eigenvalue weighted by atomic mass is 16.5. The van der Waals surface area contributed by atoms with Crippen molar-refractivity contribution in [1.82, 2.24) is 5.32 Å². The summed E-state index contributed by atoms with van der Waals surface area (Å²) in [5.41, 5.74) is -0.434. The molecule has 1 N–H and O–H groups in total. The average Bonchev–Trinajstić information content (AvgIpc) is 2.70. The van der Waals surface area contributed by atoms with E-state index in [1.165, 1.54) is 45.6 Å². The molecule has 0 radical (unpaired) electrons. The monoisotopic (exact) mass is 281 g/mol. The van der Waals surface area contributed by atoms with Gasteiger partial charge in [0.1, 0.15) is 5.54 Å². The molecule has 2 rings (SSSR count). The Labute approximate surface area is 123 Å². The van der Waals surface area contributed by atoms with Crippen molar-refractivity contribution in [2.24, 2.45) is 11.8 Å². The Kier molecular flexibility index (Phi) is 5.48. The van der Waals surface area contributed by atoms with E-state index in [9.17, 15) is 4.79 Å². The van der Waals surface area contributed by atoms with Gasteiger partial charge in [-0.05, 0) is 43.9 Å². The number of hydrogen-bond donors (Lipinski definition) is 1. The molecule has 0 aromatic carbocycles. The van der Waals surface area contributed by atoms with Crippen LogP contribution in [0.1, 0.15) is 71.6 Å². The van der Waals surface area contributed by atoms with Gasteiger partial charge in [0.15, 0.2) is 0 Å². The topological polar surface area (TPSA) is 38.3 Å². The van der Waals surface area contributed by atoms with Crippen LogP contribution in [0.15, 0.2) is 0 Å². The maximum atomic E-state index is 12.5. The van der Waals surface area contributed by atoms with Crippen LogP contribution < -0.4 is 5.32 Å². The van der Waals surface area contributed by atoms with Crippen molar-refractivity contribution in [1.29, 1.82) is 0 Å². The molecule has 3 nitrogen and oxygen atoms in total. The Hall–Kier alpha value is -0.570. The molecule has 0 aromatic heterocycles. The summed E-state index contributed by atoms with van der Waals surface area (Å²) in [6.45, 7) is 4.51. The SMILES string of the molecule is COC(=O)C1(NC2CCCCCC2)CCC(C)CC1C. The minimum absolute atomic E-state index is 0.0406. The molecule has 0 amide bonds. The second-order valence-electron chi connectivity index (χ2n) is 7.08. The average molecular weight is 281 g/mol. The summed E-state index contributed by atoms with van der Waals surface area (Å²) in [6, 6.07) is 0.493. The van der Waals surface area contributed by atoms with E-state index in [0.29, 0.717) is 12.0 Å². The Bertz CT molecular complexity index is 323. The maximum Gasteiger partial charge on any atom is 0.326 e. The zero-order valence-corrected chi connectivity index (χ0v) is 13.4. The third-order valence-electron chi connectivity index (χ3n) is 5.50. The number of carbonyl (C=O) groups is 1. The van der Waals surface area contributed by atoms with Crippen LogP contribution in [0.3, 0.4) is 0 Å². The van der Waals surface area contributed by atoms with E-state index >= 15 is 0 Å². The molecule has 0 bridgehead atoms. The van der Waals surface area contributed by atoms with E-state index in [-0.39, 0.29) is 5.97 Å². The van der Waals surface area contributed by atoms with E-state index in [1.807, 2.05) is 0 Å². The van der Waals surface area contributed by atoms with E-state index in [1.54, 1.807) is 0 Å². The summed E-state index contributed by atoms with van der Waals surface area (Å²) in [6.07, 6.45) is 10.9. The van der Waals surface area contributed by atoms with Crippen LogP contribution in [0.2, 0.25) is 0 Å². The van der Waals surface area contributed by atoms with Crippen molar-refractivity contribution in [3.05, 3.63) is 0 Å². The lowest BCUT2D eigenvalue weighted by Gasteiger charge is -2.45. The summed E-state index contributed by atoms with van der Waals surface area (Å²) in [7, 11) is 1.53. The first-order valence-electron chi connectivity index (χ1n) is 8.44. The molecule has 20 heavy (non-hydrogen) atoms. The van der Waals surface area contributed by atoms with Crippen molar-refractivity contribution >= 4 is 5.97 Å². The third-order valence-corrected chi connectivity index (χ3v) is 5.50. The van der Waals surface area contributed by atoms with Crippen molar-refractivity contribution in [3.8, 4) is 0 Å². The second-order valence-corrected chi connectivity index (χ2v) is 7.08. The summed E-state index contributed by atoms with van der Waals surface area (Å²) in [5, 5.41) is 3.76. The summed E-state index contributed by atoms with van der Waals surface area (Å²) in [5.74, 6) is 1.04. The summed E-state index contributed by atoms with van der Waals surface area (Å²) >= 11 is 0. The van der Waals surface area contributed by atoms with Gasteiger partial charge < -0.3 is 4.74 Å². The molecule has 2 fully saturated rings. The number of methoxy groups -OCH3 is 1. The Morgan fingerprint density at radius 3 is 2.30 bits per heavy atom. The van der Waals surface area contributed by atoms with Crippen molar-refractivity contribution in [2.75, 3.05) is 7.11 Å². The fourth-order valence-electron chi connectivity index (χ4n) is 4.19. The number of nitrogens with one attached hydrogen (secondary N) is 1. The molecule has 2 aliphatic rings. The molecule has 0 spiro atoms. The molecule has 116 valence electrons. The molecule has 0 aromatic rings. The molecular weight excluding hydrogens is 250 g/mol. The quantitative estimate of drug-likeness (QED) is 0.633. The van der Waals surface area contributed by atoms with Gasteiger partial charge in [0, 0.05) is 6.04 Å².